The quantitative estimate of drug-likeness (QED) is 0.450. The molecule has 3 rings (SSSR count). The monoisotopic (exact) mass is 448 g/mol. The highest BCUT2D eigenvalue weighted by molar-refractivity contribution is 5.92. The molecule has 0 spiro atoms. The fourth-order valence-corrected chi connectivity index (χ4v) is 5.08. The van der Waals surface area contributed by atoms with Crippen molar-refractivity contribution in [2.24, 2.45) is 5.41 Å². The molecule has 0 aromatic heterocycles. The lowest BCUT2D eigenvalue weighted by molar-refractivity contribution is -0.130. The number of carbonyl (C=O) groups excluding carboxylic acids is 1. The Morgan fingerprint density at radius 3 is 2.27 bits per heavy atom. The van der Waals surface area contributed by atoms with E-state index in [0.29, 0.717) is 18.7 Å². The van der Waals surface area contributed by atoms with Crippen LogP contribution in [0, 0.1) is 5.41 Å². The van der Waals surface area contributed by atoms with Crippen LogP contribution >= 0.6 is 0 Å². The van der Waals surface area contributed by atoms with E-state index in [0.717, 1.165) is 43.5 Å². The maximum Gasteiger partial charge on any atom is 0.249 e. The molecule has 0 saturated carbocycles. The van der Waals surface area contributed by atoms with Crippen LogP contribution in [-0.4, -0.2) is 43.7 Å². The number of ether oxygens (including phenoxy) is 1. The molecule has 178 valence electrons. The van der Waals surface area contributed by atoms with E-state index >= 15 is 0 Å². The predicted octanol–water partition coefficient (Wildman–Crippen LogP) is 5.87. The fourth-order valence-electron chi connectivity index (χ4n) is 5.08. The molecule has 2 aromatic carbocycles. The Balaban J connectivity index is 1.80. The number of amides is 1. The SMILES string of the molecule is C=C(C)C(=O)N(CC[C@]1(Cc2ccccc2)CCOC(C)(C)C1)Cc1ccc(N(C)C)cc1. The molecule has 4 heteroatoms. The standard InChI is InChI=1S/C29H40N2O2/c1-23(2)27(32)31(21-25-12-14-26(15-13-25)30(5)6)18-16-29(17-19-33-28(3,4)22-29)20-24-10-8-7-9-11-24/h7-15H,1,16-22H2,2-6H3/t29-/m1/s1. The second kappa shape index (κ2) is 10.6. The van der Waals surface area contributed by atoms with Gasteiger partial charge in [-0.1, -0.05) is 49.0 Å². The summed E-state index contributed by atoms with van der Waals surface area (Å²) in [6, 6.07) is 19.2. The minimum absolute atomic E-state index is 0.0351. The molecule has 1 aliphatic rings. The van der Waals surface area contributed by atoms with Crippen LogP contribution in [0.2, 0.25) is 0 Å². The lowest BCUT2D eigenvalue weighted by Gasteiger charge is -2.46. The average molecular weight is 449 g/mol. The number of hydrogen-bond donors (Lipinski definition) is 0. The molecule has 4 nitrogen and oxygen atoms in total. The first-order chi connectivity index (χ1) is 15.6. The van der Waals surface area contributed by atoms with Gasteiger partial charge in [-0.25, -0.2) is 0 Å². The maximum atomic E-state index is 13.1. The first kappa shape index (κ1) is 25.0. The van der Waals surface area contributed by atoms with E-state index in [4.69, 9.17) is 4.74 Å². The Kier molecular flexibility index (Phi) is 8.01. The van der Waals surface area contributed by atoms with Gasteiger partial charge in [-0.3, -0.25) is 4.79 Å². The van der Waals surface area contributed by atoms with Gasteiger partial charge in [0.1, 0.15) is 0 Å². The van der Waals surface area contributed by atoms with Gasteiger partial charge < -0.3 is 14.5 Å². The summed E-state index contributed by atoms with van der Waals surface area (Å²) in [7, 11) is 4.07. The van der Waals surface area contributed by atoms with E-state index in [1.165, 1.54) is 5.56 Å². The van der Waals surface area contributed by atoms with Crippen LogP contribution in [0.15, 0.2) is 66.7 Å². The summed E-state index contributed by atoms with van der Waals surface area (Å²) in [5, 5.41) is 0. The van der Waals surface area contributed by atoms with Crippen molar-refractivity contribution in [3.63, 3.8) is 0 Å². The van der Waals surface area contributed by atoms with Crippen LogP contribution in [-0.2, 0) is 22.5 Å². The van der Waals surface area contributed by atoms with Crippen LogP contribution in [0.5, 0.6) is 0 Å². The highest BCUT2D eigenvalue weighted by Gasteiger charge is 2.41. The topological polar surface area (TPSA) is 32.8 Å². The number of nitrogens with zero attached hydrogens (tertiary/aromatic N) is 2. The Hall–Kier alpha value is -2.59. The first-order valence-corrected chi connectivity index (χ1v) is 12.0. The third-order valence-corrected chi connectivity index (χ3v) is 6.74. The van der Waals surface area contributed by atoms with Gasteiger partial charge in [0, 0.05) is 45.1 Å². The number of rotatable bonds is 9. The molecule has 2 aromatic rings. The van der Waals surface area contributed by atoms with Crippen LogP contribution in [0.3, 0.4) is 0 Å². The molecule has 1 heterocycles. The van der Waals surface area contributed by atoms with Crippen molar-refractivity contribution in [1.29, 1.82) is 0 Å². The van der Waals surface area contributed by atoms with E-state index in [1.807, 2.05) is 25.9 Å². The van der Waals surface area contributed by atoms with Gasteiger partial charge in [-0.05, 0) is 75.1 Å². The van der Waals surface area contributed by atoms with Gasteiger partial charge in [0.05, 0.1) is 5.60 Å². The Morgan fingerprint density at radius 2 is 1.70 bits per heavy atom. The highest BCUT2D eigenvalue weighted by Crippen LogP contribution is 2.44. The summed E-state index contributed by atoms with van der Waals surface area (Å²) >= 11 is 0. The molecule has 1 saturated heterocycles. The van der Waals surface area contributed by atoms with E-state index in [9.17, 15) is 4.79 Å². The zero-order valence-electron chi connectivity index (χ0n) is 21.1. The normalized spacial score (nSPS) is 19.7. The second-order valence-corrected chi connectivity index (χ2v) is 10.5. The summed E-state index contributed by atoms with van der Waals surface area (Å²) in [5.41, 5.74) is 4.18. The molecule has 1 amide bonds. The largest absolute Gasteiger partial charge is 0.378 e. The summed E-state index contributed by atoms with van der Waals surface area (Å²) in [6.07, 6.45) is 3.95. The van der Waals surface area contributed by atoms with Crippen LogP contribution in [0.25, 0.3) is 0 Å². The fraction of sp³-hybridized carbons (Fsp3) is 0.483. The first-order valence-electron chi connectivity index (χ1n) is 12.0. The molecule has 33 heavy (non-hydrogen) atoms. The third-order valence-electron chi connectivity index (χ3n) is 6.74. The lowest BCUT2D eigenvalue weighted by Crippen LogP contribution is -2.44. The smallest absolute Gasteiger partial charge is 0.249 e. The van der Waals surface area contributed by atoms with E-state index < -0.39 is 0 Å². The van der Waals surface area contributed by atoms with Gasteiger partial charge in [-0.15, -0.1) is 0 Å². The van der Waals surface area contributed by atoms with Gasteiger partial charge in [-0.2, -0.15) is 0 Å². The molecule has 0 unspecified atom stereocenters. The molecule has 1 atom stereocenters. The van der Waals surface area contributed by atoms with Crippen LogP contribution in [0.1, 0.15) is 51.2 Å². The third kappa shape index (κ3) is 6.94. The van der Waals surface area contributed by atoms with Crippen molar-refractivity contribution in [2.45, 2.75) is 58.6 Å². The van der Waals surface area contributed by atoms with Crippen LogP contribution in [0.4, 0.5) is 5.69 Å². The van der Waals surface area contributed by atoms with Crippen molar-refractivity contribution in [2.75, 3.05) is 32.1 Å². The second-order valence-electron chi connectivity index (χ2n) is 10.5. The Morgan fingerprint density at radius 1 is 1.03 bits per heavy atom. The summed E-state index contributed by atoms with van der Waals surface area (Å²) in [4.78, 5) is 17.1. The molecule has 0 bridgehead atoms. The average Bonchev–Trinajstić information content (AvgIpc) is 2.76. The van der Waals surface area contributed by atoms with Crippen molar-refractivity contribution < 1.29 is 9.53 Å². The van der Waals surface area contributed by atoms with Gasteiger partial charge in [0.25, 0.3) is 0 Å². The number of hydrogen-bond acceptors (Lipinski definition) is 3. The van der Waals surface area contributed by atoms with Crippen molar-refractivity contribution in [3.8, 4) is 0 Å². The van der Waals surface area contributed by atoms with Crippen molar-refractivity contribution in [1.82, 2.24) is 4.90 Å². The Labute approximate surface area is 200 Å². The predicted molar refractivity (Wildman–Crippen MR) is 137 cm³/mol. The molecular formula is C29H40N2O2. The van der Waals surface area contributed by atoms with Crippen LogP contribution < -0.4 is 4.90 Å². The van der Waals surface area contributed by atoms with E-state index in [2.05, 4.69) is 79.9 Å². The summed E-state index contributed by atoms with van der Waals surface area (Å²) in [5.74, 6) is 0.0351. The Bertz CT molecular complexity index is 934. The molecule has 0 radical (unpaired) electrons. The number of anilines is 1. The molecule has 0 aliphatic carbocycles. The number of benzene rings is 2. The highest BCUT2D eigenvalue weighted by atomic mass is 16.5. The zero-order valence-corrected chi connectivity index (χ0v) is 21.1. The maximum absolute atomic E-state index is 13.1. The van der Waals surface area contributed by atoms with Crippen molar-refractivity contribution >= 4 is 11.6 Å². The summed E-state index contributed by atoms with van der Waals surface area (Å²) in [6.45, 7) is 12.2. The number of carbonyl (C=O) groups is 1. The van der Waals surface area contributed by atoms with Crippen molar-refractivity contribution in [3.05, 3.63) is 77.9 Å². The summed E-state index contributed by atoms with van der Waals surface area (Å²) < 4.78 is 6.08. The lowest BCUT2D eigenvalue weighted by atomic mass is 9.68. The van der Waals surface area contributed by atoms with E-state index in [-0.39, 0.29) is 16.9 Å². The van der Waals surface area contributed by atoms with Gasteiger partial charge in [0.2, 0.25) is 5.91 Å². The molecule has 0 N–H and O–H groups in total. The zero-order chi connectivity index (χ0) is 24.1. The molecule has 1 aliphatic heterocycles. The van der Waals surface area contributed by atoms with Gasteiger partial charge >= 0.3 is 0 Å². The van der Waals surface area contributed by atoms with Gasteiger partial charge in [0.15, 0.2) is 0 Å². The minimum atomic E-state index is -0.155. The minimum Gasteiger partial charge on any atom is -0.378 e. The molecule has 1 fully saturated rings. The molecular weight excluding hydrogens is 408 g/mol. The van der Waals surface area contributed by atoms with E-state index in [1.54, 1.807) is 0 Å².